The number of aryl methyl sites for hydroxylation is 1. The minimum absolute atomic E-state index is 0.0767. The average Bonchev–Trinajstić information content (AvgIpc) is 2.63. The molecule has 0 aromatic heterocycles. The molecule has 0 bridgehead atoms. The van der Waals surface area contributed by atoms with Gasteiger partial charge in [-0.3, -0.25) is 9.59 Å². The molecular formula is C21H33N3O2. The van der Waals surface area contributed by atoms with Crippen LogP contribution in [-0.2, 0) is 9.59 Å². The second-order valence-corrected chi connectivity index (χ2v) is 7.73. The van der Waals surface area contributed by atoms with Crippen molar-refractivity contribution in [3.8, 4) is 0 Å². The van der Waals surface area contributed by atoms with Crippen LogP contribution in [0.3, 0.4) is 0 Å². The molecule has 5 heteroatoms. The zero-order valence-corrected chi connectivity index (χ0v) is 16.9. The van der Waals surface area contributed by atoms with Crippen LogP contribution in [0.5, 0.6) is 0 Å². The van der Waals surface area contributed by atoms with E-state index in [2.05, 4.69) is 49.2 Å². The second kappa shape index (κ2) is 8.56. The normalized spacial score (nSPS) is 15.1. The predicted octanol–water partition coefficient (Wildman–Crippen LogP) is 2.89. The zero-order valence-electron chi connectivity index (χ0n) is 16.9. The molecule has 1 N–H and O–H groups in total. The summed E-state index contributed by atoms with van der Waals surface area (Å²) < 4.78 is 0. The highest BCUT2D eigenvalue weighted by atomic mass is 16.2. The van der Waals surface area contributed by atoms with Gasteiger partial charge in [-0.25, -0.2) is 0 Å². The van der Waals surface area contributed by atoms with Crippen molar-refractivity contribution in [3.63, 3.8) is 0 Å². The lowest BCUT2D eigenvalue weighted by Crippen LogP contribution is -2.55. The topological polar surface area (TPSA) is 52.7 Å². The molecule has 1 aliphatic rings. The molecule has 0 atom stereocenters. The molecule has 2 rings (SSSR count). The van der Waals surface area contributed by atoms with Gasteiger partial charge in [-0.15, -0.1) is 0 Å². The summed E-state index contributed by atoms with van der Waals surface area (Å²) in [4.78, 5) is 29.5. The summed E-state index contributed by atoms with van der Waals surface area (Å²) in [6.07, 6.45) is 1.96. The Balaban J connectivity index is 1.97. The Kier molecular flexibility index (Phi) is 6.68. The largest absolute Gasteiger partial charge is 0.368 e. The quantitative estimate of drug-likeness (QED) is 0.628. The Morgan fingerprint density at radius 3 is 2.38 bits per heavy atom. The number of carbonyl (C=O) groups is 2. The first-order valence-corrected chi connectivity index (χ1v) is 9.68. The molecule has 0 unspecified atom stereocenters. The highest BCUT2D eigenvalue weighted by molar-refractivity contribution is 6.04. The summed E-state index contributed by atoms with van der Waals surface area (Å²) in [5.41, 5.74) is 2.80. The monoisotopic (exact) mass is 359 g/mol. The minimum Gasteiger partial charge on any atom is -0.368 e. The van der Waals surface area contributed by atoms with E-state index in [1.807, 2.05) is 4.90 Å². The van der Waals surface area contributed by atoms with Crippen LogP contribution in [0.2, 0.25) is 0 Å². The molecule has 1 fully saturated rings. The van der Waals surface area contributed by atoms with Crippen LogP contribution < -0.4 is 10.2 Å². The van der Waals surface area contributed by atoms with Crippen molar-refractivity contribution in [2.75, 3.05) is 37.6 Å². The Hall–Kier alpha value is -2.04. The number of rotatable bonds is 6. The third-order valence-corrected chi connectivity index (χ3v) is 5.40. The smallest absolute Gasteiger partial charge is 0.237 e. The van der Waals surface area contributed by atoms with E-state index in [0.717, 1.165) is 25.9 Å². The molecule has 0 saturated carbocycles. The molecule has 1 aliphatic heterocycles. The Morgan fingerprint density at radius 1 is 1.12 bits per heavy atom. The van der Waals surface area contributed by atoms with Gasteiger partial charge < -0.3 is 15.1 Å². The van der Waals surface area contributed by atoms with Crippen LogP contribution in [0.25, 0.3) is 0 Å². The molecule has 1 saturated heterocycles. The van der Waals surface area contributed by atoms with Gasteiger partial charge in [-0.05, 0) is 51.3 Å². The molecule has 5 nitrogen and oxygen atoms in total. The molecule has 1 aromatic rings. The third-order valence-electron chi connectivity index (χ3n) is 5.40. The maximum Gasteiger partial charge on any atom is 0.237 e. The van der Waals surface area contributed by atoms with Gasteiger partial charge in [0.2, 0.25) is 11.8 Å². The summed E-state index contributed by atoms with van der Waals surface area (Å²) in [7, 11) is 0. The number of anilines is 1. The van der Waals surface area contributed by atoms with Gasteiger partial charge in [-0.2, -0.15) is 0 Å². The van der Waals surface area contributed by atoms with E-state index in [9.17, 15) is 9.59 Å². The van der Waals surface area contributed by atoms with E-state index in [0.29, 0.717) is 19.6 Å². The minimum atomic E-state index is -1.02. The standard InChI is InChI=1S/C21H33N3O2/c1-6-7-11-22-19(25)21(4,5)20(26)24-14-12-23(13-15-24)18-10-8-9-16(2)17(18)3/h8-10H,6-7,11-15H2,1-5H3,(H,22,25). The van der Waals surface area contributed by atoms with Crippen LogP contribution in [0.15, 0.2) is 18.2 Å². The molecule has 144 valence electrons. The van der Waals surface area contributed by atoms with Crippen molar-refractivity contribution in [1.29, 1.82) is 0 Å². The number of unbranched alkanes of at least 4 members (excludes halogenated alkanes) is 1. The van der Waals surface area contributed by atoms with Crippen LogP contribution in [0.4, 0.5) is 5.69 Å². The van der Waals surface area contributed by atoms with Crippen molar-refractivity contribution in [2.24, 2.45) is 5.41 Å². The predicted molar refractivity (Wildman–Crippen MR) is 106 cm³/mol. The van der Waals surface area contributed by atoms with Gasteiger partial charge in [0.25, 0.3) is 0 Å². The number of nitrogens with one attached hydrogen (secondary N) is 1. The first-order valence-electron chi connectivity index (χ1n) is 9.68. The first-order chi connectivity index (χ1) is 12.3. The molecule has 0 radical (unpaired) electrons. The van der Waals surface area contributed by atoms with Crippen LogP contribution in [0, 0.1) is 19.3 Å². The van der Waals surface area contributed by atoms with Gasteiger partial charge in [0, 0.05) is 38.4 Å². The molecule has 1 heterocycles. The van der Waals surface area contributed by atoms with E-state index < -0.39 is 5.41 Å². The summed E-state index contributed by atoms with van der Waals surface area (Å²) in [6.45, 7) is 13.3. The number of hydrogen-bond acceptors (Lipinski definition) is 3. The molecule has 1 aromatic carbocycles. The van der Waals surface area contributed by atoms with E-state index in [1.165, 1.54) is 16.8 Å². The fourth-order valence-electron chi connectivity index (χ4n) is 3.32. The van der Waals surface area contributed by atoms with Crippen LogP contribution in [0.1, 0.15) is 44.7 Å². The van der Waals surface area contributed by atoms with Crippen molar-refractivity contribution < 1.29 is 9.59 Å². The lowest BCUT2D eigenvalue weighted by atomic mass is 9.90. The van der Waals surface area contributed by atoms with Crippen LogP contribution in [-0.4, -0.2) is 49.4 Å². The average molecular weight is 360 g/mol. The van der Waals surface area contributed by atoms with Crippen molar-refractivity contribution >= 4 is 17.5 Å². The Labute approximate surface area is 157 Å². The number of benzene rings is 1. The van der Waals surface area contributed by atoms with Gasteiger partial charge in [0.15, 0.2) is 0 Å². The van der Waals surface area contributed by atoms with E-state index in [1.54, 1.807) is 13.8 Å². The second-order valence-electron chi connectivity index (χ2n) is 7.73. The molecule has 2 amide bonds. The van der Waals surface area contributed by atoms with Gasteiger partial charge in [0.1, 0.15) is 5.41 Å². The molecule has 0 spiro atoms. The van der Waals surface area contributed by atoms with Gasteiger partial charge in [-0.1, -0.05) is 25.5 Å². The van der Waals surface area contributed by atoms with E-state index in [4.69, 9.17) is 0 Å². The van der Waals surface area contributed by atoms with Crippen molar-refractivity contribution in [3.05, 3.63) is 29.3 Å². The number of carbonyl (C=O) groups excluding carboxylic acids is 2. The van der Waals surface area contributed by atoms with Crippen molar-refractivity contribution in [1.82, 2.24) is 10.2 Å². The third kappa shape index (κ3) is 4.37. The maximum atomic E-state index is 12.9. The lowest BCUT2D eigenvalue weighted by molar-refractivity contribution is -0.148. The number of amides is 2. The molecular weight excluding hydrogens is 326 g/mol. The zero-order chi connectivity index (χ0) is 19.3. The fourth-order valence-corrected chi connectivity index (χ4v) is 3.32. The van der Waals surface area contributed by atoms with Crippen LogP contribution >= 0.6 is 0 Å². The van der Waals surface area contributed by atoms with E-state index >= 15 is 0 Å². The summed E-state index contributed by atoms with van der Waals surface area (Å²) in [5, 5.41) is 2.90. The Bertz CT molecular complexity index is 647. The highest BCUT2D eigenvalue weighted by Crippen LogP contribution is 2.26. The number of hydrogen-bond donors (Lipinski definition) is 1. The van der Waals surface area contributed by atoms with Gasteiger partial charge in [0.05, 0.1) is 0 Å². The van der Waals surface area contributed by atoms with Crippen molar-refractivity contribution in [2.45, 2.75) is 47.5 Å². The number of nitrogens with zero attached hydrogens (tertiary/aromatic N) is 2. The Morgan fingerprint density at radius 2 is 1.77 bits per heavy atom. The van der Waals surface area contributed by atoms with Gasteiger partial charge >= 0.3 is 0 Å². The molecule has 0 aliphatic carbocycles. The summed E-state index contributed by atoms with van der Waals surface area (Å²) >= 11 is 0. The first kappa shape index (κ1) is 20.3. The number of piperazine rings is 1. The molecule has 26 heavy (non-hydrogen) atoms. The summed E-state index contributed by atoms with van der Waals surface area (Å²) in [6, 6.07) is 6.35. The highest BCUT2D eigenvalue weighted by Gasteiger charge is 2.39. The fraction of sp³-hybridized carbons (Fsp3) is 0.619. The lowest BCUT2D eigenvalue weighted by Gasteiger charge is -2.39. The van der Waals surface area contributed by atoms with E-state index in [-0.39, 0.29) is 11.8 Å². The summed E-state index contributed by atoms with van der Waals surface area (Å²) in [5.74, 6) is -0.250. The maximum absolute atomic E-state index is 12.9. The SMILES string of the molecule is CCCCNC(=O)C(C)(C)C(=O)N1CCN(c2cccc(C)c2C)CC1.